The van der Waals surface area contributed by atoms with Gasteiger partial charge in [0.2, 0.25) is 5.91 Å². The number of carbonyl (C=O) groups is 2. The Hall–Kier alpha value is -2.63. The average molecular weight is 325 g/mol. The molecule has 0 saturated heterocycles. The fourth-order valence-corrected chi connectivity index (χ4v) is 3.86. The number of aryl methyl sites for hydroxylation is 2. The van der Waals surface area contributed by atoms with Crippen molar-refractivity contribution >= 4 is 17.6 Å². The van der Waals surface area contributed by atoms with Crippen LogP contribution in [0.25, 0.3) is 0 Å². The van der Waals surface area contributed by atoms with Gasteiger partial charge in [0.15, 0.2) is 0 Å². The molecular formula is C18H19N3O3. The molecule has 6 nitrogen and oxygen atoms in total. The highest BCUT2D eigenvalue weighted by Gasteiger charge is 2.30. The fourth-order valence-electron chi connectivity index (χ4n) is 3.86. The number of carbonyl (C=O) groups excluding carboxylic acids is 1. The molecule has 124 valence electrons. The molecule has 2 aliphatic rings. The number of benzene rings is 1. The predicted octanol–water partition coefficient (Wildman–Crippen LogP) is 2.42. The molecule has 3 heterocycles. The molecular weight excluding hydrogens is 306 g/mol. The van der Waals surface area contributed by atoms with Crippen LogP contribution in [0, 0.1) is 0 Å². The van der Waals surface area contributed by atoms with E-state index >= 15 is 0 Å². The molecule has 2 aliphatic heterocycles. The summed E-state index contributed by atoms with van der Waals surface area (Å²) in [6.07, 6.45) is 6.18. The topological polar surface area (TPSA) is 75.4 Å². The van der Waals surface area contributed by atoms with Crippen LogP contribution < -0.4 is 4.90 Å². The number of aromatic carboxylic acids is 1. The van der Waals surface area contributed by atoms with Crippen LogP contribution in [0.4, 0.5) is 5.69 Å². The van der Waals surface area contributed by atoms with Gasteiger partial charge in [-0.15, -0.1) is 0 Å². The molecule has 0 fully saturated rings. The van der Waals surface area contributed by atoms with Crippen LogP contribution in [0.2, 0.25) is 0 Å². The van der Waals surface area contributed by atoms with E-state index in [1.807, 2.05) is 11.8 Å². The van der Waals surface area contributed by atoms with E-state index < -0.39 is 5.97 Å². The number of rotatable bonds is 3. The second-order valence-electron chi connectivity index (χ2n) is 6.50. The van der Waals surface area contributed by atoms with Gasteiger partial charge in [-0.1, -0.05) is 12.1 Å². The maximum atomic E-state index is 12.1. The van der Waals surface area contributed by atoms with Crippen molar-refractivity contribution in [3.63, 3.8) is 0 Å². The Bertz CT molecular complexity index is 823. The molecule has 0 spiro atoms. The van der Waals surface area contributed by atoms with Gasteiger partial charge in [-0.25, -0.2) is 9.78 Å². The Morgan fingerprint density at radius 3 is 2.75 bits per heavy atom. The third kappa shape index (κ3) is 2.21. The number of carboxylic acids is 1. The van der Waals surface area contributed by atoms with Crippen molar-refractivity contribution in [3.8, 4) is 0 Å². The summed E-state index contributed by atoms with van der Waals surface area (Å²) in [5.41, 5.74) is 4.75. The summed E-state index contributed by atoms with van der Waals surface area (Å²) in [4.78, 5) is 29.4. The van der Waals surface area contributed by atoms with E-state index in [0.717, 1.165) is 37.1 Å². The molecule has 0 aliphatic carbocycles. The van der Waals surface area contributed by atoms with Crippen LogP contribution in [0.1, 0.15) is 53.0 Å². The Morgan fingerprint density at radius 2 is 2.00 bits per heavy atom. The number of anilines is 1. The lowest BCUT2D eigenvalue weighted by atomic mass is 9.88. The number of nitrogens with zero attached hydrogens (tertiary/aromatic N) is 3. The number of hydrogen-bond donors (Lipinski definition) is 1. The van der Waals surface area contributed by atoms with Crippen LogP contribution in [-0.2, 0) is 17.6 Å². The zero-order chi connectivity index (χ0) is 16.8. The lowest BCUT2D eigenvalue weighted by Crippen LogP contribution is -2.39. The smallest absolute Gasteiger partial charge is 0.354 e. The molecule has 0 radical (unpaired) electrons. The largest absolute Gasteiger partial charge is 0.477 e. The van der Waals surface area contributed by atoms with Gasteiger partial charge in [-0.05, 0) is 42.9 Å². The van der Waals surface area contributed by atoms with E-state index in [1.165, 1.54) is 17.3 Å². The molecule has 1 atom stereocenters. The number of carboxylic acid groups (broad SMARTS) is 1. The van der Waals surface area contributed by atoms with E-state index in [2.05, 4.69) is 17.1 Å². The number of hydrogen-bond acceptors (Lipinski definition) is 3. The normalized spacial score (nSPS) is 17.5. The third-order valence-electron chi connectivity index (χ3n) is 5.08. The summed E-state index contributed by atoms with van der Waals surface area (Å²) in [6, 6.07) is 4.13. The minimum absolute atomic E-state index is 0.117. The maximum Gasteiger partial charge on any atom is 0.354 e. The second kappa shape index (κ2) is 5.47. The molecule has 2 aromatic rings. The fraction of sp³-hybridized carbons (Fsp3) is 0.389. The van der Waals surface area contributed by atoms with Gasteiger partial charge < -0.3 is 14.6 Å². The van der Waals surface area contributed by atoms with E-state index in [4.69, 9.17) is 0 Å². The first kappa shape index (κ1) is 14.9. The predicted molar refractivity (Wildman–Crippen MR) is 88.4 cm³/mol. The highest BCUT2D eigenvalue weighted by Crippen LogP contribution is 2.38. The Balaban J connectivity index is 1.79. The highest BCUT2D eigenvalue weighted by atomic mass is 16.4. The minimum Gasteiger partial charge on any atom is -0.477 e. The van der Waals surface area contributed by atoms with Gasteiger partial charge in [-0.2, -0.15) is 0 Å². The zero-order valence-electron chi connectivity index (χ0n) is 13.5. The first-order valence-corrected chi connectivity index (χ1v) is 8.27. The Labute approximate surface area is 139 Å². The second-order valence-corrected chi connectivity index (χ2v) is 6.50. The summed E-state index contributed by atoms with van der Waals surface area (Å²) < 4.78 is 1.69. The van der Waals surface area contributed by atoms with E-state index in [0.29, 0.717) is 6.42 Å². The molecule has 1 N–H and O–H groups in total. The SMILES string of the molecule is CC(c1cc2c3c(c1)CCC(=O)N3CCC2)n1cncc1C(=O)O. The summed E-state index contributed by atoms with van der Waals surface area (Å²) in [5.74, 6) is -0.762. The van der Waals surface area contributed by atoms with Gasteiger partial charge in [0, 0.05) is 13.0 Å². The molecule has 0 bridgehead atoms. The van der Waals surface area contributed by atoms with Gasteiger partial charge in [0.1, 0.15) is 5.69 Å². The van der Waals surface area contributed by atoms with Crippen molar-refractivity contribution in [1.82, 2.24) is 9.55 Å². The lowest BCUT2D eigenvalue weighted by molar-refractivity contribution is -0.119. The molecule has 24 heavy (non-hydrogen) atoms. The monoisotopic (exact) mass is 325 g/mol. The maximum absolute atomic E-state index is 12.1. The molecule has 4 rings (SSSR count). The molecule has 0 saturated carbocycles. The standard InChI is InChI=1S/C18H19N3O3/c1-11(21-10-19-9-15(21)18(23)24)14-7-12-3-2-6-20-16(22)5-4-13(8-14)17(12)20/h7-11H,2-6H2,1H3,(H,23,24). The van der Waals surface area contributed by atoms with Gasteiger partial charge in [0.25, 0.3) is 0 Å². The average Bonchev–Trinajstić information content (AvgIpc) is 3.07. The van der Waals surface area contributed by atoms with Crippen molar-refractivity contribution in [3.05, 3.63) is 47.0 Å². The first-order chi connectivity index (χ1) is 11.6. The summed E-state index contributed by atoms with van der Waals surface area (Å²) in [6.45, 7) is 2.79. The summed E-state index contributed by atoms with van der Waals surface area (Å²) in [5, 5.41) is 9.31. The first-order valence-electron chi connectivity index (χ1n) is 8.27. The molecule has 1 aromatic heterocycles. The molecule has 1 unspecified atom stereocenters. The number of amides is 1. The number of aromatic nitrogens is 2. The van der Waals surface area contributed by atoms with Crippen LogP contribution in [0.15, 0.2) is 24.7 Å². The van der Waals surface area contributed by atoms with Crippen molar-refractivity contribution in [2.24, 2.45) is 0 Å². The van der Waals surface area contributed by atoms with E-state index in [9.17, 15) is 14.7 Å². The highest BCUT2D eigenvalue weighted by molar-refractivity contribution is 5.97. The minimum atomic E-state index is -0.976. The van der Waals surface area contributed by atoms with Crippen LogP contribution >= 0.6 is 0 Å². The lowest BCUT2D eigenvalue weighted by Gasteiger charge is -2.36. The van der Waals surface area contributed by atoms with Crippen molar-refractivity contribution in [1.29, 1.82) is 0 Å². The third-order valence-corrected chi connectivity index (χ3v) is 5.08. The van der Waals surface area contributed by atoms with Crippen LogP contribution in [-0.4, -0.2) is 33.1 Å². The van der Waals surface area contributed by atoms with Gasteiger partial charge in [-0.3, -0.25) is 4.79 Å². The summed E-state index contributed by atoms with van der Waals surface area (Å²) >= 11 is 0. The summed E-state index contributed by atoms with van der Waals surface area (Å²) in [7, 11) is 0. The Kier molecular flexibility index (Phi) is 3.40. The Morgan fingerprint density at radius 1 is 1.25 bits per heavy atom. The van der Waals surface area contributed by atoms with Gasteiger partial charge >= 0.3 is 5.97 Å². The van der Waals surface area contributed by atoms with Crippen LogP contribution in [0.3, 0.4) is 0 Å². The molecule has 6 heteroatoms. The van der Waals surface area contributed by atoms with E-state index in [1.54, 1.807) is 10.9 Å². The van der Waals surface area contributed by atoms with Crippen LogP contribution in [0.5, 0.6) is 0 Å². The molecule has 1 aromatic carbocycles. The van der Waals surface area contributed by atoms with Crippen molar-refractivity contribution < 1.29 is 14.7 Å². The quantitative estimate of drug-likeness (QED) is 0.940. The van der Waals surface area contributed by atoms with Gasteiger partial charge in [0.05, 0.1) is 24.3 Å². The zero-order valence-corrected chi connectivity index (χ0v) is 13.5. The van der Waals surface area contributed by atoms with Crippen molar-refractivity contribution in [2.75, 3.05) is 11.4 Å². The van der Waals surface area contributed by atoms with Crippen molar-refractivity contribution in [2.45, 2.75) is 38.6 Å². The molecule has 1 amide bonds. The van der Waals surface area contributed by atoms with E-state index in [-0.39, 0.29) is 17.6 Å². The number of imidazole rings is 1.